The summed E-state index contributed by atoms with van der Waals surface area (Å²) in [7, 11) is 0. The minimum Gasteiger partial charge on any atom is -0.391 e. The van der Waals surface area contributed by atoms with Crippen molar-refractivity contribution in [1.82, 2.24) is 0 Å². The van der Waals surface area contributed by atoms with E-state index in [-0.39, 0.29) is 6.61 Å². The SMILES string of the molecule is Cc1ccccc1CSc1ccc(CO)s1. The summed E-state index contributed by atoms with van der Waals surface area (Å²) in [4.78, 5) is 1.03. The van der Waals surface area contributed by atoms with Crippen LogP contribution in [0.2, 0.25) is 0 Å². The first-order valence-corrected chi connectivity index (χ1v) is 6.96. The number of hydrogen-bond acceptors (Lipinski definition) is 3. The van der Waals surface area contributed by atoms with Gasteiger partial charge in [0.15, 0.2) is 0 Å². The summed E-state index contributed by atoms with van der Waals surface area (Å²) in [5.74, 6) is 0.998. The first-order chi connectivity index (χ1) is 7.79. The van der Waals surface area contributed by atoms with Crippen LogP contribution in [0.1, 0.15) is 16.0 Å². The van der Waals surface area contributed by atoms with Crippen molar-refractivity contribution in [2.24, 2.45) is 0 Å². The second-order valence-corrected chi connectivity index (χ2v) is 6.04. The van der Waals surface area contributed by atoms with Gasteiger partial charge in [-0.15, -0.1) is 23.1 Å². The first kappa shape index (κ1) is 11.7. The van der Waals surface area contributed by atoms with E-state index >= 15 is 0 Å². The molecule has 0 amide bonds. The summed E-state index contributed by atoms with van der Waals surface area (Å²) in [5.41, 5.74) is 2.72. The Morgan fingerprint density at radius 1 is 1.19 bits per heavy atom. The molecule has 1 nitrogen and oxygen atoms in total. The van der Waals surface area contributed by atoms with Crippen LogP contribution in [-0.4, -0.2) is 5.11 Å². The second-order valence-electron chi connectivity index (χ2n) is 3.59. The third-order valence-electron chi connectivity index (χ3n) is 2.42. The van der Waals surface area contributed by atoms with Gasteiger partial charge in [-0.2, -0.15) is 0 Å². The molecule has 0 saturated carbocycles. The van der Waals surface area contributed by atoms with Gasteiger partial charge in [-0.1, -0.05) is 24.3 Å². The maximum absolute atomic E-state index is 8.98. The summed E-state index contributed by atoms with van der Waals surface area (Å²) in [5, 5.41) is 8.98. The van der Waals surface area contributed by atoms with Gasteiger partial charge in [-0.3, -0.25) is 0 Å². The molecule has 0 radical (unpaired) electrons. The van der Waals surface area contributed by atoms with E-state index in [0.717, 1.165) is 10.6 Å². The predicted octanol–water partition coefficient (Wildman–Crippen LogP) is 3.84. The first-order valence-electron chi connectivity index (χ1n) is 5.16. The summed E-state index contributed by atoms with van der Waals surface area (Å²) < 4.78 is 1.27. The molecular formula is C13H14OS2. The van der Waals surface area contributed by atoms with E-state index in [0.29, 0.717) is 0 Å². The molecule has 1 N–H and O–H groups in total. The minimum absolute atomic E-state index is 0.148. The van der Waals surface area contributed by atoms with E-state index in [9.17, 15) is 0 Å². The highest BCUT2D eigenvalue weighted by Gasteiger charge is 2.02. The lowest BCUT2D eigenvalue weighted by Gasteiger charge is -2.03. The molecule has 0 aliphatic heterocycles. The molecule has 3 heteroatoms. The van der Waals surface area contributed by atoms with Crippen LogP contribution in [0.4, 0.5) is 0 Å². The number of aliphatic hydroxyl groups excluding tert-OH is 1. The molecule has 0 saturated heterocycles. The monoisotopic (exact) mass is 250 g/mol. The van der Waals surface area contributed by atoms with Crippen molar-refractivity contribution in [1.29, 1.82) is 0 Å². The number of hydrogen-bond donors (Lipinski definition) is 1. The predicted molar refractivity (Wildman–Crippen MR) is 71.0 cm³/mol. The Balaban J connectivity index is 1.99. The number of rotatable bonds is 4. The van der Waals surface area contributed by atoms with Crippen molar-refractivity contribution in [3.05, 3.63) is 52.4 Å². The zero-order valence-corrected chi connectivity index (χ0v) is 10.8. The fourth-order valence-corrected chi connectivity index (χ4v) is 3.56. The van der Waals surface area contributed by atoms with Gasteiger partial charge in [-0.05, 0) is 30.2 Å². The van der Waals surface area contributed by atoms with E-state index < -0.39 is 0 Å². The van der Waals surface area contributed by atoms with Gasteiger partial charge in [0.2, 0.25) is 0 Å². The molecule has 1 aromatic heterocycles. The molecule has 0 aliphatic rings. The Morgan fingerprint density at radius 3 is 2.69 bits per heavy atom. The van der Waals surface area contributed by atoms with Crippen LogP contribution in [0.5, 0.6) is 0 Å². The molecule has 16 heavy (non-hydrogen) atoms. The normalized spacial score (nSPS) is 10.6. The number of benzene rings is 1. The van der Waals surface area contributed by atoms with Crippen molar-refractivity contribution in [2.45, 2.75) is 23.5 Å². The maximum Gasteiger partial charge on any atom is 0.0774 e. The minimum atomic E-state index is 0.148. The van der Waals surface area contributed by atoms with Gasteiger partial charge in [0.25, 0.3) is 0 Å². The van der Waals surface area contributed by atoms with Crippen LogP contribution >= 0.6 is 23.1 Å². The van der Waals surface area contributed by atoms with E-state index in [1.165, 1.54) is 15.3 Å². The van der Waals surface area contributed by atoms with Gasteiger partial charge in [0, 0.05) is 10.6 Å². The largest absolute Gasteiger partial charge is 0.391 e. The van der Waals surface area contributed by atoms with Gasteiger partial charge in [-0.25, -0.2) is 0 Å². The van der Waals surface area contributed by atoms with E-state index in [1.54, 1.807) is 11.3 Å². The Kier molecular flexibility index (Phi) is 4.04. The molecule has 84 valence electrons. The van der Waals surface area contributed by atoms with Crippen LogP contribution in [-0.2, 0) is 12.4 Å². The van der Waals surface area contributed by atoms with Gasteiger partial charge in [0.05, 0.1) is 10.8 Å². The van der Waals surface area contributed by atoms with Crippen LogP contribution in [0.15, 0.2) is 40.6 Å². The second kappa shape index (κ2) is 5.53. The Bertz CT molecular complexity index is 462. The van der Waals surface area contributed by atoms with Crippen molar-refractivity contribution >= 4 is 23.1 Å². The fraction of sp³-hybridized carbons (Fsp3) is 0.231. The van der Waals surface area contributed by atoms with Crippen molar-refractivity contribution in [2.75, 3.05) is 0 Å². The quantitative estimate of drug-likeness (QED) is 0.832. The highest BCUT2D eigenvalue weighted by atomic mass is 32.2. The van der Waals surface area contributed by atoms with Crippen molar-refractivity contribution < 1.29 is 5.11 Å². The van der Waals surface area contributed by atoms with Crippen molar-refractivity contribution in [3.8, 4) is 0 Å². The molecule has 0 fully saturated rings. The van der Waals surface area contributed by atoms with Crippen LogP contribution in [0, 0.1) is 6.92 Å². The third kappa shape index (κ3) is 2.88. The van der Waals surface area contributed by atoms with Gasteiger partial charge >= 0.3 is 0 Å². The summed E-state index contributed by atoms with van der Waals surface area (Å²) in [6, 6.07) is 12.5. The molecule has 2 aromatic rings. The third-order valence-corrected chi connectivity index (χ3v) is 4.77. The zero-order valence-electron chi connectivity index (χ0n) is 9.14. The number of aliphatic hydroxyl groups is 1. The average molecular weight is 250 g/mol. The molecule has 0 bridgehead atoms. The molecule has 0 unspecified atom stereocenters. The highest BCUT2D eigenvalue weighted by Crippen LogP contribution is 2.30. The Labute approximate surface area is 104 Å². The maximum atomic E-state index is 8.98. The Hall–Kier alpha value is -0.770. The van der Waals surface area contributed by atoms with E-state index in [4.69, 9.17) is 5.11 Å². The molecular weight excluding hydrogens is 236 g/mol. The van der Waals surface area contributed by atoms with Crippen LogP contribution < -0.4 is 0 Å². The highest BCUT2D eigenvalue weighted by molar-refractivity contribution is 8.00. The summed E-state index contributed by atoms with van der Waals surface area (Å²) in [6.45, 7) is 2.29. The van der Waals surface area contributed by atoms with Crippen LogP contribution in [0.3, 0.4) is 0 Å². The molecule has 1 aromatic carbocycles. The Morgan fingerprint density at radius 2 is 2.00 bits per heavy atom. The van der Waals surface area contributed by atoms with Gasteiger partial charge in [0.1, 0.15) is 0 Å². The molecule has 1 heterocycles. The lowest BCUT2D eigenvalue weighted by molar-refractivity contribution is 0.285. The molecule has 0 atom stereocenters. The molecule has 0 spiro atoms. The summed E-state index contributed by atoms with van der Waals surface area (Å²) >= 11 is 3.50. The van der Waals surface area contributed by atoms with Crippen LogP contribution in [0.25, 0.3) is 0 Å². The van der Waals surface area contributed by atoms with Crippen molar-refractivity contribution in [3.63, 3.8) is 0 Å². The zero-order chi connectivity index (χ0) is 11.4. The van der Waals surface area contributed by atoms with Gasteiger partial charge < -0.3 is 5.11 Å². The lowest BCUT2D eigenvalue weighted by Crippen LogP contribution is -1.83. The molecule has 0 aliphatic carbocycles. The number of thioether (sulfide) groups is 1. The lowest BCUT2D eigenvalue weighted by atomic mass is 10.1. The fourth-order valence-electron chi connectivity index (χ4n) is 1.44. The standard InChI is InChI=1S/C13H14OS2/c1-10-4-2-3-5-11(10)9-15-13-7-6-12(8-14)16-13/h2-7,14H,8-9H2,1H3. The topological polar surface area (TPSA) is 20.2 Å². The number of thiophene rings is 1. The van der Waals surface area contributed by atoms with E-state index in [2.05, 4.69) is 37.3 Å². The number of aryl methyl sites for hydroxylation is 1. The summed E-state index contributed by atoms with van der Waals surface area (Å²) in [6.07, 6.45) is 0. The van der Waals surface area contributed by atoms with E-state index in [1.807, 2.05) is 17.8 Å². The average Bonchev–Trinajstić information content (AvgIpc) is 2.76. The smallest absolute Gasteiger partial charge is 0.0774 e. The molecule has 2 rings (SSSR count).